The van der Waals surface area contributed by atoms with Crippen LogP contribution in [0.3, 0.4) is 0 Å². The fraction of sp³-hybridized carbons (Fsp3) is 0.286. The largest absolute Gasteiger partial charge is 0.395 e. The molecule has 0 aliphatic heterocycles. The summed E-state index contributed by atoms with van der Waals surface area (Å²) in [4.78, 5) is 19.4. The standard InChI is InChI=1S/C14H14N2O2S2/c1-16(14(18)13-7-15-10-20-13)8-12-6-11(9-19-12)4-2-3-5-17/h6-7,9-10,17H,3,5,8H2,1H3. The fourth-order valence-electron chi connectivity index (χ4n) is 1.56. The zero-order valence-electron chi connectivity index (χ0n) is 11.0. The van der Waals surface area contributed by atoms with Gasteiger partial charge in [-0.25, -0.2) is 0 Å². The Bertz CT molecular complexity index is 623. The van der Waals surface area contributed by atoms with Crippen LogP contribution < -0.4 is 0 Å². The number of rotatable bonds is 4. The third-order valence-corrected chi connectivity index (χ3v) is 4.19. The molecule has 2 aromatic rings. The summed E-state index contributed by atoms with van der Waals surface area (Å²) in [6.07, 6.45) is 2.07. The topological polar surface area (TPSA) is 53.4 Å². The van der Waals surface area contributed by atoms with Crippen LogP contribution in [-0.2, 0) is 6.54 Å². The molecular weight excluding hydrogens is 292 g/mol. The maximum Gasteiger partial charge on any atom is 0.265 e. The van der Waals surface area contributed by atoms with E-state index in [1.54, 1.807) is 35.0 Å². The number of carbonyl (C=O) groups is 1. The molecule has 1 amide bonds. The van der Waals surface area contributed by atoms with E-state index in [-0.39, 0.29) is 12.5 Å². The summed E-state index contributed by atoms with van der Waals surface area (Å²) >= 11 is 2.92. The van der Waals surface area contributed by atoms with Crippen molar-refractivity contribution in [3.8, 4) is 11.8 Å². The third kappa shape index (κ3) is 3.90. The molecule has 2 aromatic heterocycles. The fourth-order valence-corrected chi connectivity index (χ4v) is 3.05. The Balaban J connectivity index is 1.97. The average Bonchev–Trinajstić information content (AvgIpc) is 3.09. The Kier molecular flexibility index (Phi) is 5.30. The van der Waals surface area contributed by atoms with Crippen molar-refractivity contribution in [2.24, 2.45) is 0 Å². The molecule has 0 unspecified atom stereocenters. The summed E-state index contributed by atoms with van der Waals surface area (Å²) in [6.45, 7) is 0.638. The summed E-state index contributed by atoms with van der Waals surface area (Å²) < 4.78 is 0. The number of hydrogen-bond acceptors (Lipinski definition) is 5. The molecular formula is C14H14N2O2S2. The molecule has 0 aliphatic rings. The van der Waals surface area contributed by atoms with Crippen LogP contribution in [-0.4, -0.2) is 34.6 Å². The highest BCUT2D eigenvalue weighted by Crippen LogP contribution is 2.17. The van der Waals surface area contributed by atoms with Gasteiger partial charge in [0.2, 0.25) is 0 Å². The number of aliphatic hydroxyl groups excluding tert-OH is 1. The van der Waals surface area contributed by atoms with Gasteiger partial charge in [0.15, 0.2) is 0 Å². The first kappa shape index (κ1) is 14.7. The van der Waals surface area contributed by atoms with E-state index in [4.69, 9.17) is 5.11 Å². The van der Waals surface area contributed by atoms with E-state index >= 15 is 0 Å². The second-order valence-electron chi connectivity index (χ2n) is 4.10. The van der Waals surface area contributed by atoms with Crippen LogP contribution in [0.15, 0.2) is 23.2 Å². The molecule has 2 heterocycles. The number of hydrogen-bond donors (Lipinski definition) is 1. The van der Waals surface area contributed by atoms with E-state index in [1.165, 1.54) is 11.3 Å². The number of thiophene rings is 1. The lowest BCUT2D eigenvalue weighted by Gasteiger charge is -2.14. The van der Waals surface area contributed by atoms with Gasteiger partial charge in [-0.05, 0) is 6.07 Å². The molecule has 2 rings (SSSR count). The zero-order chi connectivity index (χ0) is 14.4. The van der Waals surface area contributed by atoms with Crippen molar-refractivity contribution in [1.29, 1.82) is 0 Å². The Morgan fingerprint density at radius 1 is 1.50 bits per heavy atom. The Morgan fingerprint density at radius 3 is 3.05 bits per heavy atom. The van der Waals surface area contributed by atoms with Crippen molar-refractivity contribution in [2.45, 2.75) is 13.0 Å². The summed E-state index contributed by atoms with van der Waals surface area (Å²) in [6, 6.07) is 1.98. The normalized spacial score (nSPS) is 9.90. The van der Waals surface area contributed by atoms with Gasteiger partial charge in [0.05, 0.1) is 24.9 Å². The van der Waals surface area contributed by atoms with Crippen LogP contribution in [0, 0.1) is 11.8 Å². The van der Waals surface area contributed by atoms with Crippen molar-refractivity contribution in [1.82, 2.24) is 9.88 Å². The van der Waals surface area contributed by atoms with Gasteiger partial charge in [-0.15, -0.1) is 22.7 Å². The number of thiazole rings is 1. The van der Waals surface area contributed by atoms with E-state index in [9.17, 15) is 4.79 Å². The SMILES string of the molecule is CN(Cc1cc(C#CCCO)cs1)C(=O)c1cncs1. The monoisotopic (exact) mass is 306 g/mol. The summed E-state index contributed by atoms with van der Waals surface area (Å²) in [5, 5.41) is 10.6. The second-order valence-corrected chi connectivity index (χ2v) is 5.99. The Morgan fingerprint density at radius 2 is 2.35 bits per heavy atom. The molecule has 4 nitrogen and oxygen atoms in total. The first-order valence-electron chi connectivity index (χ1n) is 6.02. The molecule has 0 saturated carbocycles. The molecule has 1 N–H and O–H groups in total. The van der Waals surface area contributed by atoms with Crippen LogP contribution in [0.1, 0.15) is 26.5 Å². The molecule has 0 fully saturated rings. The van der Waals surface area contributed by atoms with Crippen molar-refractivity contribution >= 4 is 28.6 Å². The lowest BCUT2D eigenvalue weighted by molar-refractivity contribution is 0.0791. The molecule has 0 saturated heterocycles. The van der Waals surface area contributed by atoms with Gasteiger partial charge in [-0.3, -0.25) is 9.78 Å². The van der Waals surface area contributed by atoms with Crippen LogP contribution in [0.2, 0.25) is 0 Å². The molecule has 6 heteroatoms. The van der Waals surface area contributed by atoms with Crippen molar-refractivity contribution in [2.75, 3.05) is 13.7 Å². The minimum atomic E-state index is -0.0196. The quantitative estimate of drug-likeness (QED) is 0.881. The Hall–Kier alpha value is -1.68. The molecule has 104 valence electrons. The molecule has 0 radical (unpaired) electrons. The van der Waals surface area contributed by atoms with Crippen molar-refractivity contribution < 1.29 is 9.90 Å². The first-order valence-corrected chi connectivity index (χ1v) is 7.77. The highest BCUT2D eigenvalue weighted by atomic mass is 32.1. The zero-order valence-corrected chi connectivity index (χ0v) is 12.6. The van der Waals surface area contributed by atoms with Crippen molar-refractivity contribution in [3.05, 3.63) is 38.5 Å². The lowest BCUT2D eigenvalue weighted by Crippen LogP contribution is -2.24. The maximum atomic E-state index is 12.1. The van der Waals surface area contributed by atoms with E-state index in [0.29, 0.717) is 17.8 Å². The second kappa shape index (κ2) is 7.20. The first-order chi connectivity index (χ1) is 9.70. The number of carbonyl (C=O) groups excluding carboxylic acids is 1. The van der Waals surface area contributed by atoms with Crippen LogP contribution in [0.4, 0.5) is 0 Å². The number of amides is 1. The lowest BCUT2D eigenvalue weighted by atomic mass is 10.3. The number of aromatic nitrogens is 1. The van der Waals surface area contributed by atoms with E-state index < -0.39 is 0 Å². The van der Waals surface area contributed by atoms with Gasteiger partial charge < -0.3 is 10.0 Å². The third-order valence-electron chi connectivity index (χ3n) is 2.51. The molecule has 20 heavy (non-hydrogen) atoms. The van der Waals surface area contributed by atoms with Crippen LogP contribution in [0.5, 0.6) is 0 Å². The number of nitrogens with zero attached hydrogens (tertiary/aromatic N) is 2. The molecule has 0 aliphatic carbocycles. The van der Waals surface area contributed by atoms with Gasteiger partial charge in [-0.1, -0.05) is 11.8 Å². The molecule has 0 spiro atoms. The minimum Gasteiger partial charge on any atom is -0.395 e. The van der Waals surface area contributed by atoms with Crippen LogP contribution in [0.25, 0.3) is 0 Å². The van der Waals surface area contributed by atoms with E-state index in [2.05, 4.69) is 16.8 Å². The smallest absolute Gasteiger partial charge is 0.265 e. The summed E-state index contributed by atoms with van der Waals surface area (Å²) in [5.41, 5.74) is 2.58. The molecule has 0 aromatic carbocycles. The highest BCUT2D eigenvalue weighted by molar-refractivity contribution is 7.11. The van der Waals surface area contributed by atoms with Gasteiger partial charge in [-0.2, -0.15) is 0 Å². The van der Waals surface area contributed by atoms with E-state index in [0.717, 1.165) is 10.4 Å². The van der Waals surface area contributed by atoms with E-state index in [1.807, 2.05) is 11.4 Å². The minimum absolute atomic E-state index is 0.0196. The van der Waals surface area contributed by atoms with Gasteiger partial charge >= 0.3 is 0 Å². The molecule has 0 atom stereocenters. The predicted octanol–water partition coefficient (Wildman–Crippen LogP) is 2.21. The van der Waals surface area contributed by atoms with Gasteiger partial charge in [0, 0.05) is 29.3 Å². The van der Waals surface area contributed by atoms with Crippen molar-refractivity contribution in [3.63, 3.8) is 0 Å². The summed E-state index contributed by atoms with van der Waals surface area (Å²) in [5.74, 6) is 5.85. The average molecular weight is 306 g/mol. The Labute approximate surface area is 125 Å². The summed E-state index contributed by atoms with van der Waals surface area (Å²) in [7, 11) is 1.78. The van der Waals surface area contributed by atoms with Gasteiger partial charge in [0.1, 0.15) is 4.88 Å². The molecule has 0 bridgehead atoms. The maximum absolute atomic E-state index is 12.1. The predicted molar refractivity (Wildman–Crippen MR) is 80.8 cm³/mol. The number of aliphatic hydroxyl groups is 1. The van der Waals surface area contributed by atoms with Gasteiger partial charge in [0.25, 0.3) is 5.91 Å². The van der Waals surface area contributed by atoms with Crippen LogP contribution >= 0.6 is 22.7 Å². The highest BCUT2D eigenvalue weighted by Gasteiger charge is 2.14.